The molecule has 0 radical (unpaired) electrons. The van der Waals surface area contributed by atoms with Crippen molar-refractivity contribution >= 4 is 6.08 Å². The van der Waals surface area contributed by atoms with E-state index in [1.165, 1.54) is 5.56 Å². The molecule has 0 spiro atoms. The third-order valence-corrected chi connectivity index (χ3v) is 1.33. The van der Waals surface area contributed by atoms with Crippen LogP contribution in [0.25, 0.3) is 6.08 Å². The molecule has 0 amide bonds. The van der Waals surface area contributed by atoms with E-state index in [-0.39, 0.29) is 0 Å². The minimum absolute atomic E-state index is 0.570. The summed E-state index contributed by atoms with van der Waals surface area (Å²) >= 11 is 0. The molecular weight excluding hydrogens is 140 g/mol. The molecule has 0 aromatic carbocycles. The molecule has 0 bridgehead atoms. The Hall–Kier alpha value is -1.06. The number of rotatable bonds is 4. The van der Waals surface area contributed by atoms with E-state index in [2.05, 4.69) is 9.82 Å². The van der Waals surface area contributed by atoms with Gasteiger partial charge in [-0.1, -0.05) is 12.2 Å². The van der Waals surface area contributed by atoms with E-state index in [1.807, 2.05) is 30.6 Å². The molecule has 0 fully saturated rings. The van der Waals surface area contributed by atoms with Gasteiger partial charge in [-0.15, -0.1) is 0 Å². The van der Waals surface area contributed by atoms with Crippen molar-refractivity contribution in [1.82, 2.24) is 4.98 Å². The predicted molar refractivity (Wildman–Crippen MR) is 44.6 cm³/mol. The highest BCUT2D eigenvalue weighted by Gasteiger charge is 1.83. The zero-order valence-electron chi connectivity index (χ0n) is 6.29. The molecule has 1 rings (SSSR count). The molecule has 1 aromatic rings. The van der Waals surface area contributed by atoms with Gasteiger partial charge in [0.25, 0.3) is 0 Å². The van der Waals surface area contributed by atoms with Crippen molar-refractivity contribution in [3.63, 3.8) is 0 Å². The molecule has 0 saturated heterocycles. The average Bonchev–Trinajstić information content (AvgIpc) is 2.50. The highest BCUT2D eigenvalue weighted by molar-refractivity contribution is 5.47. The second-order valence-corrected chi connectivity index (χ2v) is 2.21. The van der Waals surface area contributed by atoms with E-state index in [0.29, 0.717) is 6.61 Å². The molecular formula is C8H12N2O. The number of H-pyrrole nitrogens is 1. The Bertz CT molecular complexity index is 204. The zero-order valence-corrected chi connectivity index (χ0v) is 6.29. The average molecular weight is 152 g/mol. The first-order chi connectivity index (χ1) is 5.43. The van der Waals surface area contributed by atoms with Crippen molar-refractivity contribution in [2.45, 2.75) is 6.42 Å². The number of nitrogens with one attached hydrogen (secondary N) is 1. The lowest BCUT2D eigenvalue weighted by Gasteiger charge is -1.88. The standard InChI is InChI=1S/C8H12N2O/c9-11-6-2-1-3-8-4-5-10-7-8/h1,3-5,7,10H,2,6,9H2/b3-1+. The van der Waals surface area contributed by atoms with Crippen molar-refractivity contribution in [3.8, 4) is 0 Å². The lowest BCUT2D eigenvalue weighted by atomic mass is 10.3. The van der Waals surface area contributed by atoms with Gasteiger partial charge in [-0.3, -0.25) is 0 Å². The van der Waals surface area contributed by atoms with Gasteiger partial charge in [0.15, 0.2) is 0 Å². The molecule has 1 aromatic heterocycles. The van der Waals surface area contributed by atoms with Crippen LogP contribution >= 0.6 is 0 Å². The van der Waals surface area contributed by atoms with Gasteiger partial charge >= 0.3 is 0 Å². The first-order valence-corrected chi connectivity index (χ1v) is 3.54. The summed E-state index contributed by atoms with van der Waals surface area (Å²) in [5.74, 6) is 4.85. The lowest BCUT2D eigenvalue weighted by molar-refractivity contribution is 0.143. The molecule has 11 heavy (non-hydrogen) atoms. The monoisotopic (exact) mass is 152 g/mol. The summed E-state index contributed by atoms with van der Waals surface area (Å²) in [6, 6.07) is 2.00. The fourth-order valence-electron chi connectivity index (χ4n) is 0.796. The van der Waals surface area contributed by atoms with Gasteiger partial charge in [-0.25, -0.2) is 5.90 Å². The molecule has 0 aliphatic heterocycles. The fourth-order valence-corrected chi connectivity index (χ4v) is 0.796. The number of aromatic nitrogens is 1. The Morgan fingerprint density at radius 1 is 1.64 bits per heavy atom. The van der Waals surface area contributed by atoms with Crippen LogP contribution in [-0.4, -0.2) is 11.6 Å². The van der Waals surface area contributed by atoms with Crippen LogP contribution < -0.4 is 5.90 Å². The minimum atomic E-state index is 0.570. The lowest BCUT2D eigenvalue weighted by Crippen LogP contribution is -1.98. The van der Waals surface area contributed by atoms with E-state index >= 15 is 0 Å². The number of hydrogen-bond acceptors (Lipinski definition) is 2. The normalized spacial score (nSPS) is 11.0. The van der Waals surface area contributed by atoms with E-state index in [4.69, 9.17) is 5.90 Å². The van der Waals surface area contributed by atoms with Crippen LogP contribution in [0.4, 0.5) is 0 Å². The van der Waals surface area contributed by atoms with Crippen LogP contribution in [-0.2, 0) is 4.84 Å². The molecule has 0 unspecified atom stereocenters. The molecule has 3 heteroatoms. The molecule has 60 valence electrons. The van der Waals surface area contributed by atoms with Crippen LogP contribution in [0.5, 0.6) is 0 Å². The number of aromatic amines is 1. The maximum Gasteiger partial charge on any atom is 0.0713 e. The summed E-state index contributed by atoms with van der Waals surface area (Å²) in [5.41, 5.74) is 1.17. The topological polar surface area (TPSA) is 51.0 Å². The van der Waals surface area contributed by atoms with Gasteiger partial charge in [0.05, 0.1) is 6.61 Å². The molecule has 3 nitrogen and oxygen atoms in total. The maximum absolute atomic E-state index is 4.85. The summed E-state index contributed by atoms with van der Waals surface area (Å²) in [6.45, 7) is 0.570. The van der Waals surface area contributed by atoms with Gasteiger partial charge in [0.1, 0.15) is 0 Å². The SMILES string of the molecule is NOCC/C=C/c1cc[nH]c1. The summed E-state index contributed by atoms with van der Waals surface area (Å²) in [4.78, 5) is 7.37. The first kappa shape index (κ1) is 8.04. The summed E-state index contributed by atoms with van der Waals surface area (Å²) in [6.07, 6.45) is 8.71. The van der Waals surface area contributed by atoms with Crippen LogP contribution in [0.1, 0.15) is 12.0 Å². The van der Waals surface area contributed by atoms with Crippen LogP contribution in [0.3, 0.4) is 0 Å². The Morgan fingerprint density at radius 3 is 3.18 bits per heavy atom. The van der Waals surface area contributed by atoms with Crippen molar-refractivity contribution in [2.75, 3.05) is 6.61 Å². The minimum Gasteiger partial charge on any atom is -0.367 e. The van der Waals surface area contributed by atoms with Crippen molar-refractivity contribution in [2.24, 2.45) is 5.90 Å². The Labute approximate surface area is 65.8 Å². The molecule has 0 aliphatic rings. The van der Waals surface area contributed by atoms with Crippen molar-refractivity contribution in [3.05, 3.63) is 30.1 Å². The van der Waals surface area contributed by atoms with Crippen LogP contribution in [0, 0.1) is 0 Å². The number of nitrogens with two attached hydrogens (primary N) is 1. The quantitative estimate of drug-likeness (QED) is 0.504. The van der Waals surface area contributed by atoms with E-state index in [1.54, 1.807) is 0 Å². The Kier molecular flexibility index (Phi) is 3.44. The highest BCUT2D eigenvalue weighted by Crippen LogP contribution is 1.99. The third-order valence-electron chi connectivity index (χ3n) is 1.33. The number of hydrogen-bond donors (Lipinski definition) is 2. The fraction of sp³-hybridized carbons (Fsp3) is 0.250. The van der Waals surface area contributed by atoms with Gasteiger partial charge < -0.3 is 9.82 Å². The summed E-state index contributed by atoms with van der Waals surface area (Å²) in [5, 5.41) is 0. The maximum atomic E-state index is 4.85. The third kappa shape index (κ3) is 3.02. The highest BCUT2D eigenvalue weighted by atomic mass is 16.6. The van der Waals surface area contributed by atoms with E-state index < -0.39 is 0 Å². The van der Waals surface area contributed by atoms with E-state index in [9.17, 15) is 0 Å². The van der Waals surface area contributed by atoms with Gasteiger partial charge in [0, 0.05) is 12.4 Å². The predicted octanol–water partition coefficient (Wildman–Crippen LogP) is 1.31. The van der Waals surface area contributed by atoms with Crippen molar-refractivity contribution in [1.29, 1.82) is 0 Å². The van der Waals surface area contributed by atoms with Gasteiger partial charge in [0.2, 0.25) is 0 Å². The van der Waals surface area contributed by atoms with Gasteiger partial charge in [-0.05, 0) is 18.1 Å². The molecule has 0 aliphatic carbocycles. The van der Waals surface area contributed by atoms with Crippen LogP contribution in [0.2, 0.25) is 0 Å². The summed E-state index contributed by atoms with van der Waals surface area (Å²) < 4.78 is 0. The smallest absolute Gasteiger partial charge is 0.0713 e. The van der Waals surface area contributed by atoms with Crippen LogP contribution in [0.15, 0.2) is 24.5 Å². The Balaban J connectivity index is 2.25. The summed E-state index contributed by atoms with van der Waals surface area (Å²) in [7, 11) is 0. The second kappa shape index (κ2) is 4.71. The molecule has 0 saturated carbocycles. The van der Waals surface area contributed by atoms with Crippen molar-refractivity contribution < 1.29 is 4.84 Å². The molecule has 0 atom stereocenters. The molecule has 3 N–H and O–H groups in total. The van der Waals surface area contributed by atoms with Gasteiger partial charge in [-0.2, -0.15) is 0 Å². The van der Waals surface area contributed by atoms with E-state index in [0.717, 1.165) is 6.42 Å². The molecule has 1 heterocycles. The Morgan fingerprint density at radius 2 is 2.55 bits per heavy atom. The zero-order chi connectivity index (χ0) is 7.94. The largest absolute Gasteiger partial charge is 0.367 e. The first-order valence-electron chi connectivity index (χ1n) is 3.54. The second-order valence-electron chi connectivity index (χ2n) is 2.21.